The molecule has 1 aliphatic carbocycles. The molecule has 1 aliphatic rings. The van der Waals surface area contributed by atoms with E-state index >= 15 is 0 Å². The topological polar surface area (TPSA) is 46.2 Å². The highest BCUT2D eigenvalue weighted by molar-refractivity contribution is 7.91. The summed E-state index contributed by atoms with van der Waals surface area (Å²) in [4.78, 5) is 0. The predicted octanol–water partition coefficient (Wildman–Crippen LogP) is 2.59. The van der Waals surface area contributed by atoms with E-state index < -0.39 is 9.84 Å². The minimum absolute atomic E-state index is 0.0457. The molecule has 0 spiro atoms. The summed E-state index contributed by atoms with van der Waals surface area (Å²) >= 11 is 6.10. The van der Waals surface area contributed by atoms with Crippen LogP contribution in [-0.4, -0.2) is 37.9 Å². The van der Waals surface area contributed by atoms with Crippen LogP contribution in [-0.2, 0) is 9.84 Å². The first-order chi connectivity index (χ1) is 8.43. The van der Waals surface area contributed by atoms with Gasteiger partial charge in [0, 0.05) is 17.2 Å². The molecule has 0 atom stereocenters. The first-order valence-electron chi connectivity index (χ1n) is 6.94. The molecule has 0 aromatic carbocycles. The van der Waals surface area contributed by atoms with Crippen molar-refractivity contribution in [3.63, 3.8) is 0 Å². The summed E-state index contributed by atoms with van der Waals surface area (Å²) in [7, 11) is -2.83. The summed E-state index contributed by atoms with van der Waals surface area (Å²) < 4.78 is 22.8. The highest BCUT2D eigenvalue weighted by atomic mass is 35.5. The van der Waals surface area contributed by atoms with Crippen molar-refractivity contribution in [2.75, 3.05) is 23.9 Å². The van der Waals surface area contributed by atoms with Gasteiger partial charge in [-0.05, 0) is 44.6 Å². The minimum atomic E-state index is -2.83. The zero-order valence-electron chi connectivity index (χ0n) is 11.5. The van der Waals surface area contributed by atoms with E-state index in [1.165, 1.54) is 12.8 Å². The molecule has 1 saturated carbocycles. The van der Waals surface area contributed by atoms with E-state index in [2.05, 4.69) is 12.2 Å². The van der Waals surface area contributed by atoms with Crippen LogP contribution in [0.15, 0.2) is 0 Å². The van der Waals surface area contributed by atoms with Gasteiger partial charge < -0.3 is 5.32 Å². The van der Waals surface area contributed by atoms with Crippen molar-refractivity contribution in [2.45, 2.75) is 51.5 Å². The molecule has 0 aromatic rings. The van der Waals surface area contributed by atoms with Gasteiger partial charge in [0.25, 0.3) is 0 Å². The van der Waals surface area contributed by atoms with Crippen molar-refractivity contribution in [1.29, 1.82) is 0 Å². The molecule has 1 fully saturated rings. The van der Waals surface area contributed by atoms with Crippen LogP contribution in [0.2, 0.25) is 0 Å². The maximum atomic E-state index is 11.4. The lowest BCUT2D eigenvalue weighted by Gasteiger charge is -2.39. The van der Waals surface area contributed by atoms with Gasteiger partial charge in [-0.15, -0.1) is 11.6 Å². The van der Waals surface area contributed by atoms with Gasteiger partial charge >= 0.3 is 0 Å². The van der Waals surface area contributed by atoms with Crippen molar-refractivity contribution in [3.8, 4) is 0 Å². The summed E-state index contributed by atoms with van der Waals surface area (Å²) in [6, 6.07) is 0. The number of halogens is 1. The highest BCUT2D eigenvalue weighted by Crippen LogP contribution is 2.32. The molecule has 1 N–H and O–H groups in total. The Hall–Kier alpha value is 0.200. The van der Waals surface area contributed by atoms with Crippen molar-refractivity contribution < 1.29 is 8.42 Å². The molecular formula is C13H26ClNO2S. The Morgan fingerprint density at radius 3 is 2.44 bits per heavy atom. The van der Waals surface area contributed by atoms with Crippen molar-refractivity contribution >= 4 is 21.4 Å². The largest absolute Gasteiger partial charge is 0.310 e. The Bertz CT molecular complexity index is 335. The molecular weight excluding hydrogens is 270 g/mol. The Balaban J connectivity index is 2.32. The Kier molecular flexibility index (Phi) is 6.42. The third-order valence-electron chi connectivity index (χ3n) is 4.06. The van der Waals surface area contributed by atoms with Crippen LogP contribution in [0.4, 0.5) is 0 Å². The summed E-state index contributed by atoms with van der Waals surface area (Å²) in [6.07, 6.45) is 5.33. The molecule has 0 aromatic heterocycles. The van der Waals surface area contributed by atoms with Crippen LogP contribution in [0.1, 0.15) is 46.0 Å². The number of rotatable bonds is 7. The predicted molar refractivity (Wildman–Crippen MR) is 78.0 cm³/mol. The van der Waals surface area contributed by atoms with Gasteiger partial charge in [-0.25, -0.2) is 8.42 Å². The van der Waals surface area contributed by atoms with Crippen LogP contribution in [0.25, 0.3) is 0 Å². The SMILES string of the molecule is CCS(=O)(=O)CCCNC1(CCl)CCC(C)CC1. The van der Waals surface area contributed by atoms with E-state index in [9.17, 15) is 8.42 Å². The van der Waals surface area contributed by atoms with Crippen LogP contribution < -0.4 is 5.32 Å². The highest BCUT2D eigenvalue weighted by Gasteiger charge is 2.32. The second-order valence-electron chi connectivity index (χ2n) is 5.61. The molecule has 0 aliphatic heterocycles. The maximum absolute atomic E-state index is 11.4. The van der Waals surface area contributed by atoms with Crippen molar-refractivity contribution in [1.82, 2.24) is 5.32 Å². The van der Waals surface area contributed by atoms with E-state index in [0.29, 0.717) is 12.3 Å². The van der Waals surface area contributed by atoms with Crippen molar-refractivity contribution in [2.24, 2.45) is 5.92 Å². The molecule has 0 bridgehead atoms. The number of hydrogen-bond donors (Lipinski definition) is 1. The maximum Gasteiger partial charge on any atom is 0.150 e. The smallest absolute Gasteiger partial charge is 0.150 e. The fraction of sp³-hybridized carbons (Fsp3) is 1.00. The Labute approximate surface area is 117 Å². The average Bonchev–Trinajstić information content (AvgIpc) is 2.37. The standard InChI is InChI=1S/C13H26ClNO2S/c1-3-18(16,17)10-4-9-15-13(11-14)7-5-12(2)6-8-13/h12,15H,3-11H2,1-2H3. The summed E-state index contributed by atoms with van der Waals surface area (Å²) in [5, 5.41) is 3.51. The summed E-state index contributed by atoms with van der Waals surface area (Å²) in [6.45, 7) is 4.73. The lowest BCUT2D eigenvalue weighted by atomic mass is 9.78. The number of nitrogens with one attached hydrogen (secondary N) is 1. The quantitative estimate of drug-likeness (QED) is 0.580. The second-order valence-corrected chi connectivity index (χ2v) is 8.35. The first kappa shape index (κ1) is 16.3. The third-order valence-corrected chi connectivity index (χ3v) is 6.36. The van der Waals surface area contributed by atoms with E-state index in [1.807, 2.05) is 0 Å². The summed E-state index contributed by atoms with van der Waals surface area (Å²) in [5.41, 5.74) is 0.0457. The summed E-state index contributed by atoms with van der Waals surface area (Å²) in [5.74, 6) is 1.94. The molecule has 0 radical (unpaired) electrons. The van der Waals surface area contributed by atoms with Gasteiger partial charge in [0.1, 0.15) is 9.84 Å². The zero-order chi connectivity index (χ0) is 13.6. The fourth-order valence-electron chi connectivity index (χ4n) is 2.46. The van der Waals surface area contributed by atoms with Gasteiger partial charge in [0.05, 0.1) is 5.75 Å². The Morgan fingerprint density at radius 2 is 1.94 bits per heavy atom. The lowest BCUT2D eigenvalue weighted by Crippen LogP contribution is -2.50. The number of alkyl halides is 1. The average molecular weight is 296 g/mol. The van der Waals surface area contributed by atoms with Crippen molar-refractivity contribution in [3.05, 3.63) is 0 Å². The zero-order valence-corrected chi connectivity index (χ0v) is 13.1. The van der Waals surface area contributed by atoms with Gasteiger partial charge in [0.15, 0.2) is 0 Å². The molecule has 1 rings (SSSR count). The normalized spacial score (nSPS) is 29.4. The molecule has 108 valence electrons. The molecule has 0 unspecified atom stereocenters. The molecule has 18 heavy (non-hydrogen) atoms. The molecule has 0 saturated heterocycles. The third kappa shape index (κ3) is 5.06. The van der Waals surface area contributed by atoms with Crippen LogP contribution >= 0.6 is 11.6 Å². The van der Waals surface area contributed by atoms with Gasteiger partial charge in [-0.2, -0.15) is 0 Å². The molecule has 0 heterocycles. The van der Waals surface area contributed by atoms with E-state index in [4.69, 9.17) is 11.6 Å². The fourth-order valence-corrected chi connectivity index (χ4v) is 3.70. The van der Waals surface area contributed by atoms with E-state index in [0.717, 1.165) is 25.3 Å². The molecule has 5 heteroatoms. The minimum Gasteiger partial charge on any atom is -0.310 e. The van der Waals surface area contributed by atoms with E-state index in [-0.39, 0.29) is 17.0 Å². The second kappa shape index (κ2) is 7.11. The molecule has 3 nitrogen and oxygen atoms in total. The van der Waals surface area contributed by atoms with Crippen LogP contribution in [0.3, 0.4) is 0 Å². The lowest BCUT2D eigenvalue weighted by molar-refractivity contribution is 0.218. The van der Waals surface area contributed by atoms with Crippen LogP contribution in [0, 0.1) is 5.92 Å². The van der Waals surface area contributed by atoms with Gasteiger partial charge in [-0.3, -0.25) is 0 Å². The van der Waals surface area contributed by atoms with E-state index in [1.54, 1.807) is 6.92 Å². The first-order valence-corrected chi connectivity index (χ1v) is 9.30. The van der Waals surface area contributed by atoms with Gasteiger partial charge in [-0.1, -0.05) is 13.8 Å². The van der Waals surface area contributed by atoms with Crippen LogP contribution in [0.5, 0.6) is 0 Å². The molecule has 0 amide bonds. The van der Waals surface area contributed by atoms with Gasteiger partial charge in [0.2, 0.25) is 0 Å². The Morgan fingerprint density at radius 1 is 1.33 bits per heavy atom. The number of sulfone groups is 1. The monoisotopic (exact) mass is 295 g/mol. The number of hydrogen-bond acceptors (Lipinski definition) is 3.